The molecule has 2 aromatic rings. The van der Waals surface area contributed by atoms with Gasteiger partial charge in [0.15, 0.2) is 11.4 Å². The number of carbonyl (C=O) groups is 12. The van der Waals surface area contributed by atoms with Crippen molar-refractivity contribution in [2.24, 2.45) is 11.8 Å². The first-order valence-corrected chi connectivity index (χ1v) is 41.7. The molecule has 0 spiro atoms. The van der Waals surface area contributed by atoms with Crippen LogP contribution in [0.3, 0.4) is 0 Å². The smallest absolute Gasteiger partial charge is 0.409 e. The number of aliphatic hydroxyl groups is 2. The van der Waals surface area contributed by atoms with Crippen molar-refractivity contribution in [1.82, 2.24) is 30.7 Å². The molecule has 16 atom stereocenters. The Morgan fingerprint density at radius 3 is 1.34 bits per heavy atom. The molecule has 2 unspecified atom stereocenters. The van der Waals surface area contributed by atoms with Crippen LogP contribution < -0.4 is 35.2 Å². The maximum absolute atomic E-state index is 14.2. The van der Waals surface area contributed by atoms with Crippen molar-refractivity contribution in [2.45, 2.75) is 249 Å². The number of carboxylic acid groups (broad SMARTS) is 1. The molecule has 10 rings (SSSR count). The monoisotopic (exact) mass is 1750 g/mol. The van der Waals surface area contributed by atoms with Crippen LogP contribution in [-0.2, 0) is 98.7 Å². The lowest BCUT2D eigenvalue weighted by Crippen LogP contribution is -2.63. The third-order valence-corrected chi connectivity index (χ3v) is 23.6. The van der Waals surface area contributed by atoms with Gasteiger partial charge in [0.2, 0.25) is 17.7 Å². The average molecular weight is 1750 g/mol. The van der Waals surface area contributed by atoms with Crippen molar-refractivity contribution in [1.29, 1.82) is 0 Å². The molecule has 4 fully saturated rings. The van der Waals surface area contributed by atoms with Gasteiger partial charge in [-0.3, -0.25) is 63.6 Å². The number of aliphatic carboxylic acids is 1. The Hall–Kier alpha value is -9.58. The Morgan fingerprint density at radius 2 is 0.984 bits per heavy atom. The third-order valence-electron chi connectivity index (χ3n) is 22.9. The third kappa shape index (κ3) is 25.3. The molecule has 0 saturated carbocycles. The van der Waals surface area contributed by atoms with Gasteiger partial charge in [-0.05, 0) is 123 Å². The first-order valence-electron chi connectivity index (χ1n) is 40.9. The van der Waals surface area contributed by atoms with Gasteiger partial charge < -0.3 is 82.7 Å². The number of ether oxygens (including phenoxy) is 10. The van der Waals surface area contributed by atoms with Crippen LogP contribution in [-0.4, -0.2) is 255 Å². The van der Waals surface area contributed by atoms with Crippen molar-refractivity contribution in [3.63, 3.8) is 0 Å². The van der Waals surface area contributed by atoms with Gasteiger partial charge in [-0.15, -0.1) is 0 Å². The predicted molar refractivity (Wildman–Crippen MR) is 450 cm³/mol. The van der Waals surface area contributed by atoms with Gasteiger partial charge in [0.1, 0.15) is 81.5 Å². The predicted octanol–water partition coefficient (Wildman–Crippen LogP) is 9.25. The molecule has 4 saturated heterocycles. The van der Waals surface area contributed by atoms with E-state index in [1.165, 1.54) is 92.7 Å². The van der Waals surface area contributed by atoms with E-state index in [4.69, 9.17) is 75.7 Å². The van der Waals surface area contributed by atoms with Crippen molar-refractivity contribution >= 4 is 106 Å². The average Bonchev–Trinajstić information content (AvgIpc) is 1.57. The standard InChI is InChI=1S/C42H55ClN4O12.C32H44ClN3O9.C10H13NO4.C3H8/c1-24-13-12-14-31(56-8)42(54)23-30(57-40(53)44-42)25(2)38-41(4,59-38)32(22-36(51)46(6)28-20-27(19-24)21-29(55-7)37(28)43)58-39(52)26(3)45(5)33(48)15-10-9-11-18-47-34(49)16-17-35(47)50;1-17-10-9-11-24(42-8)32(40)16-23(43-30(39)35-32)18(2)28-31(4,45-28)25(44-29(38)19(3)34-5)15-26(37)36(6)21-13-20(12-17)14-22(41-7)27(21)33;12-8-5-6-9(13)11(8)7-3-1-2-4-10(14)15;1-3-2/h12-14,16-17,20-21,25-26,30-32,38,54H,9-11,15,18-19,22-23H2,1-8H3,(H,44,53);9-11,13-14,18-19,23-25,28,34,40H,12,15-16H2,1-8H3,(H,35,39);5-6H,1-4,7H2,(H,14,15);3H2,1-2H3/b14-12+,24-13+;11-9+,17-10+;;/t25-,26+,30+,31-,32+,38?,41+,42+;18-,19+,23+,24-,25+,28?,31+,32+;;/m11../s1. The van der Waals surface area contributed by atoms with Gasteiger partial charge in [-0.1, -0.05) is 118 Å². The molecule has 33 nitrogen and oxygen atoms in total. The van der Waals surface area contributed by atoms with Gasteiger partial charge >= 0.3 is 30.1 Å². The first kappa shape index (κ1) is 99.5. The highest BCUT2D eigenvalue weighted by Gasteiger charge is 2.66. The number of benzene rings is 2. The zero-order chi connectivity index (χ0) is 90.6. The number of epoxide rings is 2. The number of hydrogen-bond acceptors (Lipinski definition) is 25. The molecule has 0 aromatic heterocycles. The number of likely N-dealkylation sites (N-methyl/N-ethyl adjacent to an activating group) is 2. The summed E-state index contributed by atoms with van der Waals surface area (Å²) >= 11 is 13.5. The number of halogens is 2. The summed E-state index contributed by atoms with van der Waals surface area (Å²) in [4.78, 5) is 156. The van der Waals surface area contributed by atoms with Gasteiger partial charge in [-0.25, -0.2) is 14.4 Å². The van der Waals surface area contributed by atoms with Gasteiger partial charge in [0.25, 0.3) is 23.6 Å². The first-order chi connectivity index (χ1) is 57.5. The summed E-state index contributed by atoms with van der Waals surface area (Å²) in [7, 11) is 12.1. The number of rotatable bonds is 22. The number of nitrogens with one attached hydrogen (secondary N) is 3. The van der Waals surface area contributed by atoms with Crippen molar-refractivity contribution < 1.29 is 120 Å². The summed E-state index contributed by atoms with van der Waals surface area (Å²) in [6.45, 7) is 19.0. The van der Waals surface area contributed by atoms with E-state index in [0.29, 0.717) is 80.8 Å². The Morgan fingerprint density at radius 1 is 0.607 bits per heavy atom. The maximum atomic E-state index is 14.2. The number of unbranched alkanes of at least 4 members (excludes halogenated alkanes) is 4. The molecule has 0 radical (unpaired) electrons. The number of hydrogen-bond donors (Lipinski definition) is 6. The molecule has 0 aliphatic carbocycles. The van der Waals surface area contributed by atoms with Crippen molar-refractivity contribution in [2.75, 3.05) is 79.5 Å². The fraction of sp³-hybridized carbons (Fsp3) is 0.586. The van der Waals surface area contributed by atoms with E-state index in [9.17, 15) is 67.7 Å². The minimum atomic E-state index is -1.85. The number of anilines is 2. The van der Waals surface area contributed by atoms with E-state index in [1.54, 1.807) is 91.3 Å². The number of fused-ring (bicyclic) bond motifs is 10. The minimum Gasteiger partial charge on any atom is -0.495 e. The number of methoxy groups -OCH3 is 4. The summed E-state index contributed by atoms with van der Waals surface area (Å²) in [5, 5.41) is 40.1. The van der Waals surface area contributed by atoms with Crippen LogP contribution >= 0.6 is 23.2 Å². The summed E-state index contributed by atoms with van der Waals surface area (Å²) in [6, 6.07) is 5.49. The van der Waals surface area contributed by atoms with E-state index in [-0.39, 0.29) is 90.6 Å². The number of esters is 2. The molecule has 672 valence electrons. The second-order valence-corrected chi connectivity index (χ2v) is 32.9. The number of allylic oxidation sites excluding steroid dienone is 6. The Labute approximate surface area is 722 Å². The second-order valence-electron chi connectivity index (χ2n) is 32.2. The van der Waals surface area contributed by atoms with Gasteiger partial charge in [0.05, 0.1) is 50.6 Å². The molecule has 8 aliphatic rings. The lowest BCUT2D eigenvalue weighted by Gasteiger charge is -2.42. The number of amides is 9. The van der Waals surface area contributed by atoms with Crippen molar-refractivity contribution in [3.05, 3.63) is 117 Å². The fourth-order valence-electron chi connectivity index (χ4n) is 15.1. The summed E-state index contributed by atoms with van der Waals surface area (Å²) in [5.74, 6) is -4.83. The van der Waals surface area contributed by atoms with Gasteiger partial charge in [-0.2, -0.15) is 0 Å². The summed E-state index contributed by atoms with van der Waals surface area (Å²) in [5.41, 5.74) is -1.70. The zero-order valence-electron chi connectivity index (χ0n) is 72.8. The quantitative estimate of drug-likeness (QED) is 0.0210. The van der Waals surface area contributed by atoms with E-state index >= 15 is 0 Å². The molecule has 2 aromatic carbocycles. The number of carboxylic acids is 1. The molecule has 122 heavy (non-hydrogen) atoms. The Balaban J connectivity index is 0.000000285. The van der Waals surface area contributed by atoms with E-state index in [0.717, 1.165) is 27.2 Å². The topological polar surface area (TPSA) is 417 Å². The number of nitrogens with zero attached hydrogens (tertiary/aromatic N) is 5. The molecule has 6 N–H and O–H groups in total. The van der Waals surface area contributed by atoms with E-state index in [2.05, 4.69) is 29.8 Å². The zero-order valence-corrected chi connectivity index (χ0v) is 74.4. The highest BCUT2D eigenvalue weighted by Crippen LogP contribution is 2.51. The second kappa shape index (κ2) is 44.1. The number of carbonyl (C=O) groups excluding carboxylic acids is 11. The van der Waals surface area contributed by atoms with E-state index < -0.39 is 131 Å². The Kier molecular flexibility index (Phi) is 36.0. The SMILES string of the molecule is CCC.CN[C@@H](C)C(=O)O[C@H]1CC(=O)N(C)c2cc(cc(OC)c2Cl)C/C(C)=C/C=C/[C@@H](OC)[C@@]2(O)C[C@H](OC(=O)N2)[C@@H](C)C2O[C@]21C.COc1cc2cc(c1Cl)N(C)C(=O)C[C@H](OC(=O)[C@H](C)N(C)C(=O)CCCCCN1C(=O)C=CC1=O)[C@]1(C)OC1[C@H](C)[C@@H]1C[C@@](O)(NC(=O)O1)[C@H](OC)/C=C/C=C(\C)C2.O=C(O)CCCCCN1C(=O)C=CC1=O. The van der Waals surface area contributed by atoms with Crippen LogP contribution in [0.15, 0.2) is 96.2 Å². The highest BCUT2D eigenvalue weighted by atomic mass is 35.5. The number of alkyl carbamates (subject to hydrolysis) is 2. The molecule has 8 heterocycles. The molecule has 9 amide bonds. The molecular weight excluding hydrogens is 1630 g/mol. The molecule has 8 aliphatic heterocycles. The van der Waals surface area contributed by atoms with Crippen LogP contribution in [0.4, 0.5) is 21.0 Å². The normalized spacial score (nSPS) is 29.5. The summed E-state index contributed by atoms with van der Waals surface area (Å²) < 4.78 is 58.1. The van der Waals surface area contributed by atoms with Crippen LogP contribution in [0.25, 0.3) is 0 Å². The van der Waals surface area contributed by atoms with Gasteiger partial charge in [0, 0.05) is 110 Å². The minimum absolute atomic E-state index is 0.00553. The van der Waals surface area contributed by atoms with Crippen LogP contribution in [0.1, 0.15) is 164 Å². The van der Waals surface area contributed by atoms with Crippen LogP contribution in [0, 0.1) is 11.8 Å². The number of imide groups is 2. The molecule has 8 bridgehead atoms. The lowest BCUT2D eigenvalue weighted by molar-refractivity contribution is -0.162. The molecular formula is C87H120Cl2N8O25. The van der Waals surface area contributed by atoms with Crippen LogP contribution in [0.2, 0.25) is 10.0 Å². The highest BCUT2D eigenvalue weighted by molar-refractivity contribution is 6.36. The Bertz CT molecular complexity index is 4320. The summed E-state index contributed by atoms with van der Waals surface area (Å²) in [6.07, 6.45) is 12.1. The van der Waals surface area contributed by atoms with Crippen molar-refractivity contribution in [3.8, 4) is 11.5 Å². The fourth-order valence-corrected chi connectivity index (χ4v) is 15.7. The largest absolute Gasteiger partial charge is 0.495 e. The lowest BCUT2D eigenvalue weighted by atomic mass is 9.83. The van der Waals surface area contributed by atoms with E-state index in [1.807, 2.05) is 39.0 Å². The maximum Gasteiger partial charge on any atom is 0.409 e. The molecule has 35 heteroatoms. The van der Waals surface area contributed by atoms with Crippen LogP contribution in [0.5, 0.6) is 11.5 Å².